The first-order valence-electron chi connectivity index (χ1n) is 5.43. The second-order valence-corrected chi connectivity index (χ2v) is 3.83. The first-order valence-corrected chi connectivity index (χ1v) is 5.43. The van der Waals surface area contributed by atoms with Crippen molar-refractivity contribution >= 4 is 11.8 Å². The number of rotatable bonds is 4. The molecule has 0 saturated carbocycles. The van der Waals surface area contributed by atoms with E-state index in [2.05, 4.69) is 16.0 Å². The number of hydrogen-bond donors (Lipinski definition) is 3. The quantitative estimate of drug-likeness (QED) is 0.545. The van der Waals surface area contributed by atoms with E-state index in [9.17, 15) is 9.59 Å². The third-order valence-corrected chi connectivity index (χ3v) is 2.42. The molecule has 0 aromatic carbocycles. The second kappa shape index (κ2) is 6.40. The minimum Gasteiger partial charge on any atom is -0.356 e. The van der Waals surface area contributed by atoms with Crippen LogP contribution >= 0.6 is 0 Å². The lowest BCUT2D eigenvalue weighted by molar-refractivity contribution is -0.121. The van der Waals surface area contributed by atoms with Gasteiger partial charge in [-0.2, -0.15) is 0 Å². The first-order chi connectivity index (χ1) is 7.18. The summed E-state index contributed by atoms with van der Waals surface area (Å²) in [5, 5.41) is 8.82. The normalized spacial score (nSPS) is 21.7. The lowest BCUT2D eigenvalue weighted by Crippen LogP contribution is -2.37. The predicted octanol–water partition coefficient (Wildman–Crippen LogP) is -0.619. The van der Waals surface area contributed by atoms with E-state index in [4.69, 9.17) is 0 Å². The molecule has 1 aliphatic heterocycles. The Balaban J connectivity index is 2.13. The highest BCUT2D eigenvalue weighted by molar-refractivity contribution is 5.76. The number of carbonyl (C=O) groups excluding carboxylic acids is 2. The third kappa shape index (κ3) is 5.37. The van der Waals surface area contributed by atoms with Crippen molar-refractivity contribution in [1.82, 2.24) is 16.0 Å². The fraction of sp³-hybridized carbons (Fsp3) is 0.800. The zero-order chi connectivity index (χ0) is 11.1. The molecule has 2 amide bonds. The van der Waals surface area contributed by atoms with E-state index in [1.54, 1.807) is 0 Å². The molecular weight excluding hydrogens is 194 g/mol. The van der Waals surface area contributed by atoms with Crippen molar-refractivity contribution in [2.75, 3.05) is 19.6 Å². The molecule has 1 saturated heterocycles. The molecule has 1 fully saturated rings. The van der Waals surface area contributed by atoms with E-state index < -0.39 is 0 Å². The monoisotopic (exact) mass is 213 g/mol. The van der Waals surface area contributed by atoms with Crippen LogP contribution in [0.1, 0.15) is 26.2 Å². The molecular formula is C10H19N3O2. The van der Waals surface area contributed by atoms with E-state index in [-0.39, 0.29) is 17.9 Å². The molecule has 86 valence electrons. The number of carbonyl (C=O) groups is 2. The molecule has 0 radical (unpaired) electrons. The van der Waals surface area contributed by atoms with E-state index in [0.717, 1.165) is 25.9 Å². The summed E-state index contributed by atoms with van der Waals surface area (Å²) < 4.78 is 0. The summed E-state index contributed by atoms with van der Waals surface area (Å²) in [6, 6.07) is 0.251. The van der Waals surface area contributed by atoms with Crippen molar-refractivity contribution in [2.24, 2.45) is 0 Å². The van der Waals surface area contributed by atoms with Gasteiger partial charge in [0.1, 0.15) is 0 Å². The molecule has 5 heteroatoms. The van der Waals surface area contributed by atoms with Crippen LogP contribution in [0.15, 0.2) is 0 Å². The van der Waals surface area contributed by atoms with E-state index in [1.807, 2.05) is 0 Å². The number of hydrogen-bond acceptors (Lipinski definition) is 3. The lowest BCUT2D eigenvalue weighted by Gasteiger charge is -2.14. The summed E-state index contributed by atoms with van der Waals surface area (Å²) in [7, 11) is 0. The highest BCUT2D eigenvalue weighted by Crippen LogP contribution is 2.05. The van der Waals surface area contributed by atoms with Gasteiger partial charge < -0.3 is 16.0 Å². The van der Waals surface area contributed by atoms with Gasteiger partial charge in [0.15, 0.2) is 0 Å². The van der Waals surface area contributed by atoms with Gasteiger partial charge in [0, 0.05) is 39.0 Å². The van der Waals surface area contributed by atoms with Crippen molar-refractivity contribution in [3.05, 3.63) is 0 Å². The lowest BCUT2D eigenvalue weighted by atomic mass is 10.1. The molecule has 0 aliphatic carbocycles. The summed E-state index contributed by atoms with van der Waals surface area (Å²) in [6.07, 6.45) is 2.57. The predicted molar refractivity (Wildman–Crippen MR) is 57.3 cm³/mol. The van der Waals surface area contributed by atoms with Crippen molar-refractivity contribution in [2.45, 2.75) is 32.2 Å². The van der Waals surface area contributed by atoms with Gasteiger partial charge in [0.05, 0.1) is 0 Å². The molecule has 1 rings (SSSR count). The van der Waals surface area contributed by atoms with E-state index >= 15 is 0 Å². The average Bonchev–Trinajstić information content (AvgIpc) is 2.37. The fourth-order valence-electron chi connectivity index (χ4n) is 1.66. The Morgan fingerprint density at radius 1 is 1.53 bits per heavy atom. The largest absolute Gasteiger partial charge is 0.356 e. The van der Waals surface area contributed by atoms with E-state index in [1.165, 1.54) is 6.92 Å². The van der Waals surface area contributed by atoms with Crippen LogP contribution in [0.2, 0.25) is 0 Å². The van der Waals surface area contributed by atoms with Gasteiger partial charge in [-0.25, -0.2) is 0 Å². The van der Waals surface area contributed by atoms with Gasteiger partial charge >= 0.3 is 0 Å². The molecule has 3 N–H and O–H groups in total. The molecule has 0 bridgehead atoms. The van der Waals surface area contributed by atoms with Gasteiger partial charge in [-0.05, 0) is 12.8 Å². The Morgan fingerprint density at radius 3 is 3.07 bits per heavy atom. The standard InChI is InChI=1S/C10H19N3O2/c1-8(14)11-5-6-12-9-3-2-4-13-10(15)7-9/h9,12H,2-7H2,1H3,(H,11,14)(H,13,15). The van der Waals surface area contributed by atoms with Crippen LogP contribution in [0.5, 0.6) is 0 Å². The Bertz CT molecular complexity index is 231. The Labute approximate surface area is 90.0 Å². The SMILES string of the molecule is CC(=O)NCCNC1CCCNC(=O)C1. The zero-order valence-electron chi connectivity index (χ0n) is 9.14. The topological polar surface area (TPSA) is 70.2 Å². The fourth-order valence-corrected chi connectivity index (χ4v) is 1.66. The third-order valence-electron chi connectivity index (χ3n) is 2.42. The van der Waals surface area contributed by atoms with Gasteiger partial charge in [-0.15, -0.1) is 0 Å². The highest BCUT2D eigenvalue weighted by atomic mass is 16.2. The van der Waals surface area contributed by atoms with Crippen LogP contribution < -0.4 is 16.0 Å². The van der Waals surface area contributed by atoms with Crippen LogP contribution in [0.25, 0.3) is 0 Å². The van der Waals surface area contributed by atoms with Crippen LogP contribution in [-0.2, 0) is 9.59 Å². The molecule has 5 nitrogen and oxygen atoms in total. The summed E-state index contributed by atoms with van der Waals surface area (Å²) >= 11 is 0. The summed E-state index contributed by atoms with van der Waals surface area (Å²) in [6.45, 7) is 3.62. The zero-order valence-corrected chi connectivity index (χ0v) is 9.14. The highest BCUT2D eigenvalue weighted by Gasteiger charge is 2.15. The Morgan fingerprint density at radius 2 is 2.33 bits per heavy atom. The molecule has 0 spiro atoms. The van der Waals surface area contributed by atoms with Gasteiger partial charge in [-0.3, -0.25) is 9.59 Å². The number of nitrogens with one attached hydrogen (secondary N) is 3. The minimum absolute atomic E-state index is 0.0181. The summed E-state index contributed by atoms with van der Waals surface area (Å²) in [4.78, 5) is 21.8. The maximum absolute atomic E-state index is 11.2. The molecule has 1 heterocycles. The maximum atomic E-state index is 11.2. The van der Waals surface area contributed by atoms with Gasteiger partial charge in [0.2, 0.25) is 11.8 Å². The molecule has 0 aromatic heterocycles. The minimum atomic E-state index is -0.0181. The van der Waals surface area contributed by atoms with Crippen molar-refractivity contribution < 1.29 is 9.59 Å². The molecule has 1 atom stereocenters. The summed E-state index contributed by atoms with van der Waals surface area (Å²) in [5.41, 5.74) is 0. The van der Waals surface area contributed by atoms with Crippen molar-refractivity contribution in [1.29, 1.82) is 0 Å². The van der Waals surface area contributed by atoms with E-state index in [0.29, 0.717) is 13.0 Å². The van der Waals surface area contributed by atoms with Crippen LogP contribution in [0, 0.1) is 0 Å². The maximum Gasteiger partial charge on any atom is 0.221 e. The smallest absolute Gasteiger partial charge is 0.221 e. The second-order valence-electron chi connectivity index (χ2n) is 3.83. The Kier molecular flexibility index (Phi) is 5.10. The molecule has 15 heavy (non-hydrogen) atoms. The van der Waals surface area contributed by atoms with Crippen molar-refractivity contribution in [3.8, 4) is 0 Å². The molecule has 1 unspecified atom stereocenters. The molecule has 0 aromatic rings. The first kappa shape index (κ1) is 12.0. The molecule has 1 aliphatic rings. The van der Waals surface area contributed by atoms with Gasteiger partial charge in [-0.1, -0.05) is 0 Å². The van der Waals surface area contributed by atoms with Crippen molar-refractivity contribution in [3.63, 3.8) is 0 Å². The van der Waals surface area contributed by atoms with Crippen LogP contribution in [-0.4, -0.2) is 37.5 Å². The average molecular weight is 213 g/mol. The number of amides is 2. The van der Waals surface area contributed by atoms with Crippen LogP contribution in [0.4, 0.5) is 0 Å². The van der Waals surface area contributed by atoms with Crippen LogP contribution in [0.3, 0.4) is 0 Å². The summed E-state index contributed by atoms with van der Waals surface area (Å²) in [5.74, 6) is 0.0972. The van der Waals surface area contributed by atoms with Gasteiger partial charge in [0.25, 0.3) is 0 Å². The Hall–Kier alpha value is -1.10.